The van der Waals surface area contributed by atoms with Crippen molar-refractivity contribution in [2.45, 2.75) is 19.4 Å². The smallest absolute Gasteiger partial charge is 0.342 e. The van der Waals surface area contributed by atoms with Crippen LogP contribution in [-0.4, -0.2) is 22.0 Å². The van der Waals surface area contributed by atoms with Crippen LogP contribution >= 0.6 is 11.3 Å². The summed E-state index contributed by atoms with van der Waals surface area (Å²) in [6.07, 6.45) is 0.706. The monoisotopic (exact) mass is 306 g/mol. The van der Waals surface area contributed by atoms with Crippen LogP contribution in [0.15, 0.2) is 35.0 Å². The van der Waals surface area contributed by atoms with E-state index in [1.807, 2.05) is 23.8 Å². The number of carboxylic acid groups (broad SMARTS) is 1. The number of carbonyl (C=O) groups is 1. The van der Waals surface area contributed by atoms with Crippen molar-refractivity contribution in [1.29, 1.82) is 0 Å². The molecule has 1 heterocycles. The van der Waals surface area contributed by atoms with E-state index in [0.29, 0.717) is 6.42 Å². The van der Waals surface area contributed by atoms with Gasteiger partial charge >= 0.3 is 11.7 Å². The summed E-state index contributed by atoms with van der Waals surface area (Å²) in [5, 5.41) is 27.2. The number of nitrogens with zero attached hydrogens (tertiary/aromatic N) is 1. The van der Waals surface area contributed by atoms with Crippen molar-refractivity contribution >= 4 is 28.7 Å². The number of para-hydroxylation sites is 1. The molecule has 1 unspecified atom stereocenters. The van der Waals surface area contributed by atoms with Crippen molar-refractivity contribution in [2.75, 3.05) is 5.32 Å². The maximum Gasteiger partial charge on any atom is 0.342 e. The average Bonchev–Trinajstić information content (AvgIpc) is 2.90. The lowest BCUT2D eigenvalue weighted by Gasteiger charge is -2.15. The largest absolute Gasteiger partial charge is 0.477 e. The van der Waals surface area contributed by atoms with Crippen LogP contribution in [0.25, 0.3) is 0 Å². The van der Waals surface area contributed by atoms with Gasteiger partial charge in [0, 0.05) is 6.04 Å². The molecule has 0 aliphatic carbocycles. The van der Waals surface area contributed by atoms with E-state index in [1.165, 1.54) is 18.2 Å². The van der Waals surface area contributed by atoms with Gasteiger partial charge < -0.3 is 10.4 Å². The van der Waals surface area contributed by atoms with E-state index in [2.05, 4.69) is 5.32 Å². The van der Waals surface area contributed by atoms with Gasteiger partial charge in [0.25, 0.3) is 0 Å². The Morgan fingerprint density at radius 1 is 1.48 bits per heavy atom. The van der Waals surface area contributed by atoms with Crippen molar-refractivity contribution < 1.29 is 14.8 Å². The number of hydrogen-bond donors (Lipinski definition) is 2. The highest BCUT2D eigenvalue weighted by molar-refractivity contribution is 7.07. The van der Waals surface area contributed by atoms with E-state index in [9.17, 15) is 14.9 Å². The fourth-order valence-corrected chi connectivity index (χ4v) is 2.79. The molecule has 0 fully saturated rings. The first-order valence-corrected chi connectivity index (χ1v) is 7.21. The predicted molar refractivity (Wildman–Crippen MR) is 81.2 cm³/mol. The molecule has 0 aliphatic rings. The molecule has 0 bridgehead atoms. The molecule has 0 aliphatic heterocycles. The molecule has 1 aromatic heterocycles. The fraction of sp³-hybridized carbons (Fsp3) is 0.214. The van der Waals surface area contributed by atoms with E-state index in [1.54, 1.807) is 11.3 Å². The summed E-state index contributed by atoms with van der Waals surface area (Å²) in [4.78, 5) is 21.6. The van der Waals surface area contributed by atoms with Gasteiger partial charge in [0.1, 0.15) is 11.3 Å². The van der Waals surface area contributed by atoms with Gasteiger partial charge in [-0.05, 0) is 47.9 Å². The van der Waals surface area contributed by atoms with E-state index in [4.69, 9.17) is 5.11 Å². The van der Waals surface area contributed by atoms with Gasteiger partial charge in [-0.25, -0.2) is 4.79 Å². The number of nitro groups is 1. The number of aromatic carboxylic acids is 1. The zero-order chi connectivity index (χ0) is 15.4. The van der Waals surface area contributed by atoms with Crippen LogP contribution in [0, 0.1) is 10.1 Å². The van der Waals surface area contributed by atoms with Crippen LogP contribution in [0.1, 0.15) is 22.8 Å². The maximum atomic E-state index is 11.1. The van der Waals surface area contributed by atoms with Crippen molar-refractivity contribution in [2.24, 2.45) is 0 Å². The van der Waals surface area contributed by atoms with E-state index in [0.717, 1.165) is 5.56 Å². The molecular formula is C14H14N2O4S. The molecule has 2 N–H and O–H groups in total. The Morgan fingerprint density at radius 3 is 2.81 bits per heavy atom. The van der Waals surface area contributed by atoms with Crippen molar-refractivity contribution in [3.05, 3.63) is 56.3 Å². The predicted octanol–water partition coefficient (Wildman–Crippen LogP) is 3.40. The quantitative estimate of drug-likeness (QED) is 0.630. The van der Waals surface area contributed by atoms with Gasteiger partial charge in [-0.1, -0.05) is 6.07 Å². The summed E-state index contributed by atoms with van der Waals surface area (Å²) in [5.74, 6) is -1.31. The summed E-state index contributed by atoms with van der Waals surface area (Å²) in [5.41, 5.74) is 0.648. The normalized spacial score (nSPS) is 11.9. The summed E-state index contributed by atoms with van der Waals surface area (Å²) in [6.45, 7) is 1.90. The van der Waals surface area contributed by atoms with Gasteiger partial charge in [0.15, 0.2) is 0 Å². The summed E-state index contributed by atoms with van der Waals surface area (Å²) in [7, 11) is 0. The number of thiophene rings is 1. The second kappa shape index (κ2) is 6.36. The Balaban J connectivity index is 2.25. The first-order valence-electron chi connectivity index (χ1n) is 6.27. The molecule has 0 amide bonds. The van der Waals surface area contributed by atoms with Crippen LogP contribution in [0.2, 0.25) is 0 Å². The Hall–Kier alpha value is -2.41. The number of nitro benzene ring substituents is 1. The van der Waals surface area contributed by atoms with Crippen LogP contribution in [0.5, 0.6) is 0 Å². The third-order valence-electron chi connectivity index (χ3n) is 2.97. The van der Waals surface area contributed by atoms with Gasteiger partial charge in [-0.15, -0.1) is 0 Å². The van der Waals surface area contributed by atoms with E-state index >= 15 is 0 Å². The number of benzene rings is 1. The number of rotatable bonds is 6. The molecule has 2 aromatic rings. The van der Waals surface area contributed by atoms with Crippen LogP contribution < -0.4 is 5.32 Å². The van der Waals surface area contributed by atoms with Gasteiger partial charge in [-0.2, -0.15) is 11.3 Å². The summed E-state index contributed by atoms with van der Waals surface area (Å²) in [6, 6.07) is 6.19. The van der Waals surface area contributed by atoms with E-state index in [-0.39, 0.29) is 17.3 Å². The lowest BCUT2D eigenvalue weighted by Crippen LogP contribution is -2.19. The van der Waals surface area contributed by atoms with Crippen molar-refractivity contribution in [3.8, 4) is 0 Å². The van der Waals surface area contributed by atoms with Gasteiger partial charge in [-0.3, -0.25) is 10.1 Å². The van der Waals surface area contributed by atoms with E-state index < -0.39 is 16.6 Å². The lowest BCUT2D eigenvalue weighted by molar-refractivity contribution is -0.384. The Bertz CT molecular complexity index is 655. The summed E-state index contributed by atoms with van der Waals surface area (Å²) >= 11 is 1.59. The maximum absolute atomic E-state index is 11.1. The molecule has 1 atom stereocenters. The first-order chi connectivity index (χ1) is 9.99. The zero-order valence-corrected chi connectivity index (χ0v) is 12.1. The molecular weight excluding hydrogens is 292 g/mol. The second-order valence-corrected chi connectivity index (χ2v) is 5.43. The van der Waals surface area contributed by atoms with Gasteiger partial charge in [0.05, 0.1) is 4.92 Å². The fourth-order valence-electron chi connectivity index (χ4n) is 2.11. The number of anilines is 1. The minimum absolute atomic E-state index is 0.0534. The number of carboxylic acids is 1. The molecule has 2 rings (SSSR count). The number of nitrogens with one attached hydrogen (secondary N) is 1. The van der Waals surface area contributed by atoms with Gasteiger partial charge in [0.2, 0.25) is 0 Å². The first kappa shape index (κ1) is 15.0. The molecule has 0 saturated heterocycles. The Labute approximate surface area is 125 Å². The van der Waals surface area contributed by atoms with Crippen LogP contribution in [-0.2, 0) is 6.42 Å². The van der Waals surface area contributed by atoms with Crippen molar-refractivity contribution in [3.63, 3.8) is 0 Å². The molecule has 110 valence electrons. The zero-order valence-electron chi connectivity index (χ0n) is 11.3. The average molecular weight is 306 g/mol. The Kier molecular flexibility index (Phi) is 4.54. The Morgan fingerprint density at radius 2 is 2.24 bits per heavy atom. The molecule has 0 spiro atoms. The third-order valence-corrected chi connectivity index (χ3v) is 3.70. The molecule has 21 heavy (non-hydrogen) atoms. The minimum atomic E-state index is -1.31. The van der Waals surface area contributed by atoms with Crippen LogP contribution in [0.3, 0.4) is 0 Å². The highest BCUT2D eigenvalue weighted by atomic mass is 32.1. The standard InChI is InChI=1S/C14H14N2O4S/c1-9(7-10-5-6-21-8-10)15-12-4-2-3-11(14(17)18)13(12)16(19)20/h2-6,8-9,15H,7H2,1H3,(H,17,18). The lowest BCUT2D eigenvalue weighted by atomic mass is 10.1. The van der Waals surface area contributed by atoms with Crippen molar-refractivity contribution in [1.82, 2.24) is 0 Å². The molecule has 1 aromatic carbocycles. The number of hydrogen-bond acceptors (Lipinski definition) is 5. The molecule has 0 saturated carbocycles. The molecule has 0 radical (unpaired) electrons. The highest BCUT2D eigenvalue weighted by Gasteiger charge is 2.24. The second-order valence-electron chi connectivity index (χ2n) is 4.65. The minimum Gasteiger partial charge on any atom is -0.477 e. The summed E-state index contributed by atoms with van der Waals surface area (Å²) < 4.78 is 0. The third kappa shape index (κ3) is 3.57. The molecule has 6 nitrogen and oxygen atoms in total. The SMILES string of the molecule is CC(Cc1ccsc1)Nc1cccc(C(=O)O)c1[N+](=O)[O-]. The van der Waals surface area contributed by atoms with Crippen LogP contribution in [0.4, 0.5) is 11.4 Å². The molecule has 7 heteroatoms. The topological polar surface area (TPSA) is 92.5 Å². The highest BCUT2D eigenvalue weighted by Crippen LogP contribution is 2.29.